The Morgan fingerprint density at radius 3 is 2.71 bits per heavy atom. The highest BCUT2D eigenvalue weighted by atomic mass is 16.3. The SMILES string of the molecule is CC(C)(CO)CCCNC(=O)Nc1ccn(Cc2ccccc2)n1. The highest BCUT2D eigenvalue weighted by Gasteiger charge is 2.15. The predicted octanol–water partition coefficient (Wildman–Crippen LogP) is 2.85. The molecule has 2 aromatic rings. The Balaban J connectivity index is 1.73. The molecular formula is C18H26N4O2. The minimum atomic E-state index is -0.262. The molecule has 0 radical (unpaired) electrons. The molecule has 0 aliphatic carbocycles. The lowest BCUT2D eigenvalue weighted by molar-refractivity contribution is 0.148. The summed E-state index contributed by atoms with van der Waals surface area (Å²) in [5.41, 5.74) is 1.05. The summed E-state index contributed by atoms with van der Waals surface area (Å²) in [5.74, 6) is 0.527. The van der Waals surface area contributed by atoms with Gasteiger partial charge in [0, 0.05) is 25.4 Å². The summed E-state index contributed by atoms with van der Waals surface area (Å²) in [7, 11) is 0. The van der Waals surface area contributed by atoms with E-state index in [1.807, 2.05) is 50.4 Å². The van der Waals surface area contributed by atoms with Gasteiger partial charge >= 0.3 is 6.03 Å². The van der Waals surface area contributed by atoms with Gasteiger partial charge in [-0.2, -0.15) is 5.10 Å². The first kappa shape index (κ1) is 18.0. The molecule has 6 heteroatoms. The number of aromatic nitrogens is 2. The van der Waals surface area contributed by atoms with Crippen LogP contribution in [-0.4, -0.2) is 34.1 Å². The van der Waals surface area contributed by atoms with Gasteiger partial charge in [0.05, 0.1) is 6.54 Å². The fourth-order valence-corrected chi connectivity index (χ4v) is 2.30. The van der Waals surface area contributed by atoms with Gasteiger partial charge in [0.2, 0.25) is 0 Å². The average molecular weight is 330 g/mol. The van der Waals surface area contributed by atoms with Crippen LogP contribution in [-0.2, 0) is 6.54 Å². The molecule has 2 amide bonds. The molecule has 0 aliphatic heterocycles. The minimum absolute atomic E-state index is 0.103. The number of nitrogens with one attached hydrogen (secondary N) is 2. The maximum absolute atomic E-state index is 11.9. The van der Waals surface area contributed by atoms with Crippen LogP contribution in [0, 0.1) is 5.41 Å². The summed E-state index contributed by atoms with van der Waals surface area (Å²) in [6, 6.07) is 11.5. The molecule has 1 heterocycles. The van der Waals surface area contributed by atoms with Crippen molar-refractivity contribution in [3.63, 3.8) is 0 Å². The van der Waals surface area contributed by atoms with E-state index in [4.69, 9.17) is 0 Å². The van der Waals surface area contributed by atoms with Crippen LogP contribution in [0.15, 0.2) is 42.6 Å². The fraction of sp³-hybridized carbons (Fsp3) is 0.444. The van der Waals surface area contributed by atoms with Crippen molar-refractivity contribution in [2.45, 2.75) is 33.2 Å². The Labute approximate surface area is 142 Å². The summed E-state index contributed by atoms with van der Waals surface area (Å²) in [6.07, 6.45) is 3.52. The second kappa shape index (κ2) is 8.49. The van der Waals surface area contributed by atoms with Gasteiger partial charge in [0.1, 0.15) is 0 Å². The van der Waals surface area contributed by atoms with Gasteiger partial charge < -0.3 is 10.4 Å². The first-order chi connectivity index (χ1) is 11.5. The highest BCUT2D eigenvalue weighted by Crippen LogP contribution is 2.20. The summed E-state index contributed by atoms with van der Waals surface area (Å²) in [6.45, 7) is 5.40. The third-order valence-electron chi connectivity index (χ3n) is 3.81. The lowest BCUT2D eigenvalue weighted by Crippen LogP contribution is -2.30. The van der Waals surface area contributed by atoms with Gasteiger partial charge in [-0.3, -0.25) is 10.00 Å². The molecule has 0 bridgehead atoms. The molecule has 24 heavy (non-hydrogen) atoms. The van der Waals surface area contributed by atoms with Crippen molar-refractivity contribution in [3.05, 3.63) is 48.2 Å². The Kier molecular flexibility index (Phi) is 6.37. The molecule has 130 valence electrons. The van der Waals surface area contributed by atoms with Crippen LogP contribution in [0.1, 0.15) is 32.3 Å². The van der Waals surface area contributed by atoms with Gasteiger partial charge in [-0.15, -0.1) is 0 Å². The van der Waals surface area contributed by atoms with Gasteiger partial charge in [-0.05, 0) is 23.8 Å². The van der Waals surface area contributed by atoms with Gasteiger partial charge in [0.15, 0.2) is 5.82 Å². The standard InChI is InChI=1S/C18H26N4O2/c1-18(2,14-23)10-6-11-19-17(24)20-16-9-12-22(21-16)13-15-7-4-3-5-8-15/h3-5,7-9,12,23H,6,10-11,13-14H2,1-2H3,(H2,19,20,21,24). The zero-order valence-electron chi connectivity index (χ0n) is 14.3. The van der Waals surface area contributed by atoms with Crippen LogP contribution in [0.3, 0.4) is 0 Å². The Bertz CT molecular complexity index is 637. The molecule has 0 fully saturated rings. The van der Waals surface area contributed by atoms with Gasteiger partial charge in [-0.25, -0.2) is 4.79 Å². The van der Waals surface area contributed by atoms with Crippen molar-refractivity contribution in [3.8, 4) is 0 Å². The van der Waals surface area contributed by atoms with Crippen LogP contribution in [0.5, 0.6) is 0 Å². The Morgan fingerprint density at radius 1 is 1.25 bits per heavy atom. The summed E-state index contributed by atoms with van der Waals surface area (Å²) in [5, 5.41) is 19.1. The molecule has 1 aromatic heterocycles. The largest absolute Gasteiger partial charge is 0.396 e. The second-order valence-corrected chi connectivity index (χ2v) is 6.69. The number of urea groups is 1. The van der Waals surface area contributed by atoms with E-state index in [-0.39, 0.29) is 18.1 Å². The van der Waals surface area contributed by atoms with E-state index in [0.717, 1.165) is 18.4 Å². The molecule has 0 atom stereocenters. The fourth-order valence-electron chi connectivity index (χ4n) is 2.30. The van der Waals surface area contributed by atoms with Crippen LogP contribution in [0.25, 0.3) is 0 Å². The maximum atomic E-state index is 11.9. The number of aliphatic hydroxyl groups is 1. The maximum Gasteiger partial charge on any atom is 0.320 e. The summed E-state index contributed by atoms with van der Waals surface area (Å²) < 4.78 is 1.79. The third kappa shape index (κ3) is 6.04. The highest BCUT2D eigenvalue weighted by molar-refractivity contribution is 5.88. The van der Waals surface area contributed by atoms with E-state index in [2.05, 4.69) is 15.7 Å². The molecule has 0 saturated heterocycles. The molecule has 0 unspecified atom stereocenters. The van der Waals surface area contributed by atoms with Crippen molar-refractivity contribution in [2.24, 2.45) is 5.41 Å². The molecule has 3 N–H and O–H groups in total. The van der Waals surface area contributed by atoms with Crippen molar-refractivity contribution in [1.82, 2.24) is 15.1 Å². The Morgan fingerprint density at radius 2 is 2.00 bits per heavy atom. The van der Waals surface area contributed by atoms with Crippen LogP contribution in [0.2, 0.25) is 0 Å². The Hall–Kier alpha value is -2.34. The van der Waals surface area contributed by atoms with Crippen LogP contribution in [0.4, 0.5) is 10.6 Å². The normalized spacial score (nSPS) is 11.3. The molecule has 2 rings (SSSR count). The smallest absolute Gasteiger partial charge is 0.320 e. The van der Waals surface area contributed by atoms with Crippen LogP contribution < -0.4 is 10.6 Å². The third-order valence-corrected chi connectivity index (χ3v) is 3.81. The quantitative estimate of drug-likeness (QED) is 0.651. The van der Waals surface area contributed by atoms with Gasteiger partial charge in [-0.1, -0.05) is 44.2 Å². The molecule has 0 saturated carbocycles. The zero-order valence-corrected chi connectivity index (χ0v) is 14.3. The van der Waals surface area contributed by atoms with Crippen LogP contribution >= 0.6 is 0 Å². The number of carbonyl (C=O) groups excluding carboxylic acids is 1. The predicted molar refractivity (Wildman–Crippen MR) is 94.9 cm³/mol. The summed E-state index contributed by atoms with van der Waals surface area (Å²) in [4.78, 5) is 11.9. The molecular weight excluding hydrogens is 304 g/mol. The lowest BCUT2D eigenvalue weighted by Gasteiger charge is -2.21. The topological polar surface area (TPSA) is 79.2 Å². The number of carbonyl (C=O) groups is 1. The van der Waals surface area contributed by atoms with E-state index < -0.39 is 0 Å². The number of hydrogen-bond acceptors (Lipinski definition) is 3. The number of aliphatic hydroxyl groups excluding tert-OH is 1. The van der Waals surface area contributed by atoms with E-state index in [9.17, 15) is 9.90 Å². The molecule has 0 spiro atoms. The molecule has 6 nitrogen and oxygen atoms in total. The number of amides is 2. The lowest BCUT2D eigenvalue weighted by atomic mass is 9.89. The second-order valence-electron chi connectivity index (χ2n) is 6.69. The van der Waals surface area contributed by atoms with Crippen molar-refractivity contribution < 1.29 is 9.90 Å². The molecule has 1 aromatic carbocycles. The number of hydrogen-bond donors (Lipinski definition) is 3. The van der Waals surface area contributed by atoms with Gasteiger partial charge in [0.25, 0.3) is 0 Å². The monoisotopic (exact) mass is 330 g/mol. The number of anilines is 1. The van der Waals surface area contributed by atoms with Crippen molar-refractivity contribution in [2.75, 3.05) is 18.5 Å². The minimum Gasteiger partial charge on any atom is -0.396 e. The van der Waals surface area contributed by atoms with E-state index >= 15 is 0 Å². The first-order valence-corrected chi connectivity index (χ1v) is 8.22. The van der Waals surface area contributed by atoms with Crippen molar-refractivity contribution >= 4 is 11.8 Å². The number of nitrogens with zero attached hydrogens (tertiary/aromatic N) is 2. The number of benzene rings is 1. The van der Waals surface area contributed by atoms with E-state index in [1.165, 1.54) is 0 Å². The van der Waals surface area contributed by atoms with E-state index in [0.29, 0.717) is 18.9 Å². The molecule has 0 aliphatic rings. The first-order valence-electron chi connectivity index (χ1n) is 8.22. The van der Waals surface area contributed by atoms with E-state index in [1.54, 1.807) is 10.7 Å². The summed E-state index contributed by atoms with van der Waals surface area (Å²) >= 11 is 0. The number of rotatable bonds is 8. The average Bonchev–Trinajstić information content (AvgIpc) is 2.99. The zero-order chi connectivity index (χ0) is 17.4. The van der Waals surface area contributed by atoms with Crippen molar-refractivity contribution in [1.29, 1.82) is 0 Å².